The molecule has 0 saturated carbocycles. The Morgan fingerprint density at radius 3 is 2.38 bits per heavy atom. The molecule has 1 N–H and O–H groups in total. The monoisotopic (exact) mass is 459 g/mol. The van der Waals surface area contributed by atoms with E-state index in [0.717, 1.165) is 33.5 Å². The minimum atomic E-state index is -0.501. The van der Waals surface area contributed by atoms with Gasteiger partial charge in [-0.25, -0.2) is 9.07 Å². The van der Waals surface area contributed by atoms with E-state index < -0.39 is 5.41 Å². The fourth-order valence-electron chi connectivity index (χ4n) is 3.81. The molecule has 1 amide bonds. The molecule has 0 radical (unpaired) electrons. The van der Waals surface area contributed by atoms with Gasteiger partial charge in [-0.15, -0.1) is 0 Å². The molecule has 0 fully saturated rings. The van der Waals surface area contributed by atoms with Gasteiger partial charge in [0.15, 0.2) is 0 Å². The molecule has 0 spiro atoms. The van der Waals surface area contributed by atoms with Crippen molar-refractivity contribution in [3.8, 4) is 11.4 Å². The van der Waals surface area contributed by atoms with Gasteiger partial charge in [0.25, 0.3) is 0 Å². The number of benzene rings is 3. The average Bonchev–Trinajstić information content (AvgIpc) is 3.20. The predicted octanol–water partition coefficient (Wildman–Crippen LogP) is 6.14. The van der Waals surface area contributed by atoms with Gasteiger partial charge in [0, 0.05) is 10.8 Å². The first-order valence-corrected chi connectivity index (χ1v) is 11.4. The first kappa shape index (κ1) is 23.5. The third-order valence-corrected chi connectivity index (χ3v) is 5.81. The molecule has 4 aromatic rings. The van der Waals surface area contributed by atoms with E-state index in [0.29, 0.717) is 0 Å². The summed E-state index contributed by atoms with van der Waals surface area (Å²) in [5.41, 5.74) is 3.10. The highest BCUT2D eigenvalue weighted by molar-refractivity contribution is 5.83. The van der Waals surface area contributed by atoms with Gasteiger partial charge in [0.1, 0.15) is 17.7 Å². The molecule has 1 aromatic heterocycles. The number of nitrogens with one attached hydrogen (secondary N) is 1. The predicted molar refractivity (Wildman–Crippen MR) is 133 cm³/mol. The van der Waals surface area contributed by atoms with Crippen molar-refractivity contribution in [2.75, 3.05) is 0 Å². The first-order chi connectivity index (χ1) is 16.1. The Kier molecular flexibility index (Phi) is 6.42. The second-order valence-corrected chi connectivity index (χ2v) is 9.67. The summed E-state index contributed by atoms with van der Waals surface area (Å²) < 4.78 is 21.7. The van der Waals surface area contributed by atoms with Crippen LogP contribution >= 0.6 is 0 Å². The first-order valence-electron chi connectivity index (χ1n) is 11.4. The van der Waals surface area contributed by atoms with Crippen LogP contribution < -0.4 is 10.1 Å². The highest BCUT2D eigenvalue weighted by Gasteiger charge is 2.28. The van der Waals surface area contributed by atoms with E-state index >= 15 is 0 Å². The number of fused-ring (bicyclic) bond motifs is 1. The molecular formula is C28H30FN3O2. The summed E-state index contributed by atoms with van der Waals surface area (Å²) in [6, 6.07) is 19.9. The van der Waals surface area contributed by atoms with Crippen molar-refractivity contribution in [1.82, 2.24) is 15.1 Å². The number of halogens is 1. The molecule has 34 heavy (non-hydrogen) atoms. The lowest BCUT2D eigenvalue weighted by atomic mass is 9.94. The van der Waals surface area contributed by atoms with Crippen molar-refractivity contribution >= 4 is 16.8 Å². The van der Waals surface area contributed by atoms with Crippen molar-refractivity contribution in [1.29, 1.82) is 0 Å². The molecule has 176 valence electrons. The standard InChI is InChI=1S/C28H30FN3O2/c1-18-15-24-21(17-30-32(24)23-13-11-22(29)12-14-23)16-25(18)34-26(20-9-7-6-8-10-20)19(2)31-27(33)28(3,4)5/h6-17,19,26H,1-5H3,(H,31,33)/t19-,26+/m0/s1. The van der Waals surface area contributed by atoms with Crippen molar-refractivity contribution < 1.29 is 13.9 Å². The molecule has 1 heterocycles. The van der Waals surface area contributed by atoms with Crippen LogP contribution in [-0.2, 0) is 4.79 Å². The zero-order valence-electron chi connectivity index (χ0n) is 20.2. The summed E-state index contributed by atoms with van der Waals surface area (Å²) in [4.78, 5) is 12.7. The zero-order valence-corrected chi connectivity index (χ0v) is 20.2. The molecule has 3 aromatic carbocycles. The normalized spacial score (nSPS) is 13.5. The van der Waals surface area contributed by atoms with Crippen molar-refractivity contribution in [2.45, 2.75) is 46.8 Å². The fraction of sp³-hybridized carbons (Fsp3) is 0.286. The van der Waals surface area contributed by atoms with E-state index in [-0.39, 0.29) is 23.9 Å². The number of amides is 1. The van der Waals surface area contributed by atoms with Gasteiger partial charge in [0.2, 0.25) is 5.91 Å². The Morgan fingerprint density at radius 2 is 1.74 bits per heavy atom. The van der Waals surface area contributed by atoms with E-state index in [2.05, 4.69) is 10.4 Å². The number of rotatable bonds is 6. The minimum Gasteiger partial charge on any atom is -0.483 e. The van der Waals surface area contributed by atoms with E-state index in [1.165, 1.54) is 12.1 Å². The SMILES string of the molecule is Cc1cc2c(cnn2-c2ccc(F)cc2)cc1O[C@@H](c1ccccc1)[C@H](C)NC(=O)C(C)(C)C. The van der Waals surface area contributed by atoms with E-state index in [4.69, 9.17) is 4.74 Å². The zero-order chi connectivity index (χ0) is 24.5. The highest BCUT2D eigenvalue weighted by atomic mass is 19.1. The van der Waals surface area contributed by atoms with Crippen LogP contribution in [0.15, 0.2) is 72.9 Å². The van der Waals surface area contributed by atoms with Crippen LogP contribution in [0.5, 0.6) is 5.75 Å². The number of carbonyl (C=O) groups excluding carboxylic acids is 1. The van der Waals surface area contributed by atoms with E-state index in [1.54, 1.807) is 23.0 Å². The van der Waals surface area contributed by atoms with Gasteiger partial charge in [-0.3, -0.25) is 4.79 Å². The van der Waals surface area contributed by atoms with Gasteiger partial charge >= 0.3 is 0 Å². The van der Waals surface area contributed by atoms with Gasteiger partial charge in [-0.1, -0.05) is 51.1 Å². The third-order valence-electron chi connectivity index (χ3n) is 5.81. The Morgan fingerprint density at radius 1 is 1.06 bits per heavy atom. The lowest BCUT2D eigenvalue weighted by Crippen LogP contribution is -2.44. The summed E-state index contributed by atoms with van der Waals surface area (Å²) in [7, 11) is 0. The van der Waals surface area contributed by atoms with Crippen LogP contribution in [0.2, 0.25) is 0 Å². The minimum absolute atomic E-state index is 0.0303. The molecule has 2 atom stereocenters. The summed E-state index contributed by atoms with van der Waals surface area (Å²) in [6.45, 7) is 9.62. The second-order valence-electron chi connectivity index (χ2n) is 9.67. The number of aromatic nitrogens is 2. The summed E-state index contributed by atoms with van der Waals surface area (Å²) in [5.74, 6) is 0.404. The van der Waals surface area contributed by atoms with Crippen LogP contribution in [0.3, 0.4) is 0 Å². The number of hydrogen-bond donors (Lipinski definition) is 1. The van der Waals surface area contributed by atoms with Crippen molar-refractivity contribution in [3.05, 3.63) is 89.9 Å². The Bertz CT molecular complexity index is 1290. The highest BCUT2D eigenvalue weighted by Crippen LogP contribution is 2.32. The largest absolute Gasteiger partial charge is 0.483 e. The third kappa shape index (κ3) is 4.96. The number of aryl methyl sites for hydroxylation is 1. The summed E-state index contributed by atoms with van der Waals surface area (Å²) in [6.07, 6.45) is 1.39. The molecule has 0 aliphatic heterocycles. The maximum atomic E-state index is 13.4. The number of nitrogens with zero attached hydrogens (tertiary/aromatic N) is 2. The quantitative estimate of drug-likeness (QED) is 0.377. The molecule has 0 aliphatic carbocycles. The van der Waals surface area contributed by atoms with E-state index in [1.807, 2.05) is 77.1 Å². The fourth-order valence-corrected chi connectivity index (χ4v) is 3.81. The van der Waals surface area contributed by atoms with Crippen LogP contribution in [0.25, 0.3) is 16.6 Å². The van der Waals surface area contributed by atoms with Crippen LogP contribution in [0.4, 0.5) is 4.39 Å². The number of ether oxygens (including phenoxy) is 1. The number of hydrogen-bond acceptors (Lipinski definition) is 3. The molecule has 0 unspecified atom stereocenters. The van der Waals surface area contributed by atoms with Gasteiger partial charge in [-0.2, -0.15) is 5.10 Å². The summed E-state index contributed by atoms with van der Waals surface area (Å²) >= 11 is 0. The summed E-state index contributed by atoms with van der Waals surface area (Å²) in [5, 5.41) is 8.52. The Balaban J connectivity index is 1.67. The maximum absolute atomic E-state index is 13.4. The number of carbonyl (C=O) groups is 1. The van der Waals surface area contributed by atoms with Crippen LogP contribution in [0.1, 0.15) is 44.9 Å². The molecule has 4 rings (SSSR count). The molecular weight excluding hydrogens is 429 g/mol. The molecule has 0 aliphatic rings. The van der Waals surface area contributed by atoms with E-state index in [9.17, 15) is 9.18 Å². The molecule has 0 bridgehead atoms. The van der Waals surface area contributed by atoms with Crippen molar-refractivity contribution in [2.24, 2.45) is 5.41 Å². The smallest absolute Gasteiger partial charge is 0.225 e. The molecule has 6 heteroatoms. The van der Waals surface area contributed by atoms with Crippen LogP contribution in [0, 0.1) is 18.2 Å². The second kappa shape index (κ2) is 9.29. The Hall–Kier alpha value is -3.67. The van der Waals surface area contributed by atoms with Crippen molar-refractivity contribution in [3.63, 3.8) is 0 Å². The molecule has 0 saturated heterocycles. The lowest BCUT2D eigenvalue weighted by Gasteiger charge is -2.29. The topological polar surface area (TPSA) is 56.1 Å². The van der Waals surface area contributed by atoms with Crippen LogP contribution in [-0.4, -0.2) is 21.7 Å². The average molecular weight is 460 g/mol. The lowest BCUT2D eigenvalue weighted by molar-refractivity contribution is -0.129. The van der Waals surface area contributed by atoms with Gasteiger partial charge in [0.05, 0.1) is 23.4 Å². The molecule has 5 nitrogen and oxygen atoms in total. The van der Waals surface area contributed by atoms with Gasteiger partial charge < -0.3 is 10.1 Å². The maximum Gasteiger partial charge on any atom is 0.225 e. The Labute approximate surface area is 199 Å². The van der Waals surface area contributed by atoms with Gasteiger partial charge in [-0.05, 0) is 61.4 Å².